The average Bonchev–Trinajstić information content (AvgIpc) is 2.84. The zero-order chi connectivity index (χ0) is 14.7. The van der Waals surface area contributed by atoms with E-state index in [4.69, 9.17) is 0 Å². The Balaban J connectivity index is 2.21. The zero-order valence-corrected chi connectivity index (χ0v) is 11.8. The summed E-state index contributed by atoms with van der Waals surface area (Å²) in [5.74, 6) is 0. The predicted octanol–water partition coefficient (Wildman–Crippen LogP) is 2.59. The largest absolute Gasteiger partial charge is 0.309 e. The van der Waals surface area contributed by atoms with Crippen LogP contribution in [0, 0.1) is 17.0 Å². The van der Waals surface area contributed by atoms with Crippen molar-refractivity contribution in [2.75, 3.05) is 0 Å². The van der Waals surface area contributed by atoms with Crippen molar-refractivity contribution in [1.82, 2.24) is 15.1 Å². The van der Waals surface area contributed by atoms with Crippen LogP contribution in [-0.4, -0.2) is 20.7 Å². The molecule has 2 aromatic rings. The van der Waals surface area contributed by atoms with E-state index in [0.717, 1.165) is 16.9 Å². The standard InChI is InChI=1S/C14H18N4O2/c1-10(2)15-9-12-6-7-17(16-12)14-5-4-13(18(19)20)8-11(14)3/h4-8,10,15H,9H2,1-3H3. The molecule has 1 heterocycles. The maximum Gasteiger partial charge on any atom is 0.269 e. The zero-order valence-electron chi connectivity index (χ0n) is 11.8. The minimum absolute atomic E-state index is 0.0973. The Morgan fingerprint density at radius 1 is 1.40 bits per heavy atom. The van der Waals surface area contributed by atoms with Gasteiger partial charge < -0.3 is 5.32 Å². The lowest BCUT2D eigenvalue weighted by atomic mass is 10.2. The first kappa shape index (κ1) is 14.2. The van der Waals surface area contributed by atoms with E-state index in [9.17, 15) is 10.1 Å². The van der Waals surface area contributed by atoms with Crippen LogP contribution < -0.4 is 5.32 Å². The van der Waals surface area contributed by atoms with Gasteiger partial charge in [-0.3, -0.25) is 10.1 Å². The normalized spacial score (nSPS) is 11.0. The number of nitrogens with zero attached hydrogens (tertiary/aromatic N) is 3. The van der Waals surface area contributed by atoms with Gasteiger partial charge in [-0.05, 0) is 24.6 Å². The summed E-state index contributed by atoms with van der Waals surface area (Å²) in [4.78, 5) is 10.3. The number of benzene rings is 1. The summed E-state index contributed by atoms with van der Waals surface area (Å²) in [6.07, 6.45) is 1.87. The summed E-state index contributed by atoms with van der Waals surface area (Å²) < 4.78 is 1.75. The van der Waals surface area contributed by atoms with Gasteiger partial charge >= 0.3 is 0 Å². The van der Waals surface area contributed by atoms with Crippen LogP contribution in [0.2, 0.25) is 0 Å². The van der Waals surface area contributed by atoms with Crippen molar-refractivity contribution in [1.29, 1.82) is 0 Å². The summed E-state index contributed by atoms with van der Waals surface area (Å²) >= 11 is 0. The van der Waals surface area contributed by atoms with Crippen LogP contribution in [0.1, 0.15) is 25.1 Å². The van der Waals surface area contributed by atoms with Gasteiger partial charge in [0.25, 0.3) is 5.69 Å². The molecule has 1 aromatic carbocycles. The molecule has 2 rings (SSSR count). The highest BCUT2D eigenvalue weighted by Crippen LogP contribution is 2.20. The van der Waals surface area contributed by atoms with E-state index in [0.29, 0.717) is 12.6 Å². The number of nitrogens with one attached hydrogen (secondary N) is 1. The molecule has 20 heavy (non-hydrogen) atoms. The highest BCUT2D eigenvalue weighted by Gasteiger charge is 2.10. The summed E-state index contributed by atoms with van der Waals surface area (Å²) in [7, 11) is 0. The Kier molecular flexibility index (Phi) is 4.14. The summed E-state index contributed by atoms with van der Waals surface area (Å²) in [5, 5.41) is 18.5. The maximum atomic E-state index is 10.7. The van der Waals surface area contributed by atoms with Gasteiger partial charge in [0.05, 0.1) is 16.3 Å². The molecule has 1 N–H and O–H groups in total. The second-order valence-electron chi connectivity index (χ2n) is 5.02. The number of hydrogen-bond donors (Lipinski definition) is 1. The molecule has 0 aliphatic carbocycles. The van der Waals surface area contributed by atoms with Gasteiger partial charge in [0, 0.05) is 30.9 Å². The van der Waals surface area contributed by atoms with Gasteiger partial charge in [-0.1, -0.05) is 13.8 Å². The van der Waals surface area contributed by atoms with Crippen molar-refractivity contribution < 1.29 is 4.92 Å². The van der Waals surface area contributed by atoms with Crippen LogP contribution in [0.15, 0.2) is 30.5 Å². The van der Waals surface area contributed by atoms with Crippen LogP contribution in [0.4, 0.5) is 5.69 Å². The molecular weight excluding hydrogens is 256 g/mol. The first-order valence-corrected chi connectivity index (χ1v) is 6.50. The molecule has 0 unspecified atom stereocenters. The van der Waals surface area contributed by atoms with E-state index in [1.165, 1.54) is 6.07 Å². The lowest BCUT2D eigenvalue weighted by Gasteiger charge is -2.07. The third kappa shape index (κ3) is 3.21. The fourth-order valence-electron chi connectivity index (χ4n) is 1.91. The Hall–Kier alpha value is -2.21. The number of hydrogen-bond acceptors (Lipinski definition) is 4. The second-order valence-corrected chi connectivity index (χ2v) is 5.02. The molecule has 6 nitrogen and oxygen atoms in total. The number of non-ortho nitro benzene ring substituents is 1. The summed E-state index contributed by atoms with van der Waals surface area (Å²) in [6.45, 7) is 6.71. The third-order valence-corrected chi connectivity index (χ3v) is 2.97. The molecule has 0 saturated carbocycles. The SMILES string of the molecule is Cc1cc([N+](=O)[O-])ccc1-n1ccc(CNC(C)C)n1. The van der Waals surface area contributed by atoms with Gasteiger partial charge in [0.2, 0.25) is 0 Å². The Labute approximate surface area is 117 Å². The van der Waals surface area contributed by atoms with Crippen LogP contribution in [0.3, 0.4) is 0 Å². The molecule has 0 amide bonds. The molecule has 106 valence electrons. The smallest absolute Gasteiger partial charge is 0.269 e. The number of aryl methyl sites for hydroxylation is 1. The van der Waals surface area contributed by atoms with Crippen LogP contribution >= 0.6 is 0 Å². The highest BCUT2D eigenvalue weighted by atomic mass is 16.6. The monoisotopic (exact) mass is 274 g/mol. The van der Waals surface area contributed by atoms with E-state index >= 15 is 0 Å². The van der Waals surface area contributed by atoms with Crippen molar-refractivity contribution >= 4 is 5.69 Å². The number of nitro benzene ring substituents is 1. The topological polar surface area (TPSA) is 73.0 Å². The molecule has 0 bridgehead atoms. The van der Waals surface area contributed by atoms with E-state index in [1.807, 2.05) is 19.2 Å². The first-order chi connectivity index (χ1) is 9.47. The number of aromatic nitrogens is 2. The average molecular weight is 274 g/mol. The molecule has 0 aliphatic rings. The van der Waals surface area contributed by atoms with Gasteiger partial charge in [-0.15, -0.1) is 0 Å². The summed E-state index contributed by atoms with van der Waals surface area (Å²) in [5.41, 5.74) is 2.72. The van der Waals surface area contributed by atoms with Crippen LogP contribution in [0.25, 0.3) is 5.69 Å². The minimum atomic E-state index is -0.391. The maximum absolute atomic E-state index is 10.7. The molecule has 0 aliphatic heterocycles. The molecular formula is C14H18N4O2. The van der Waals surface area contributed by atoms with Crippen LogP contribution in [0.5, 0.6) is 0 Å². The van der Waals surface area contributed by atoms with E-state index in [-0.39, 0.29) is 5.69 Å². The fourth-order valence-corrected chi connectivity index (χ4v) is 1.91. The van der Waals surface area contributed by atoms with Crippen molar-refractivity contribution in [2.24, 2.45) is 0 Å². The Morgan fingerprint density at radius 2 is 2.15 bits per heavy atom. The lowest BCUT2D eigenvalue weighted by Crippen LogP contribution is -2.22. The van der Waals surface area contributed by atoms with E-state index in [2.05, 4.69) is 24.3 Å². The lowest BCUT2D eigenvalue weighted by molar-refractivity contribution is -0.384. The van der Waals surface area contributed by atoms with E-state index in [1.54, 1.807) is 16.8 Å². The first-order valence-electron chi connectivity index (χ1n) is 6.50. The van der Waals surface area contributed by atoms with Gasteiger partial charge in [-0.2, -0.15) is 5.10 Å². The number of nitro groups is 1. The minimum Gasteiger partial charge on any atom is -0.309 e. The fraction of sp³-hybridized carbons (Fsp3) is 0.357. The van der Waals surface area contributed by atoms with Crippen molar-refractivity contribution in [2.45, 2.75) is 33.4 Å². The molecule has 1 aromatic heterocycles. The van der Waals surface area contributed by atoms with Crippen LogP contribution in [-0.2, 0) is 6.54 Å². The molecule has 0 saturated heterocycles. The molecule has 0 spiro atoms. The van der Waals surface area contributed by atoms with Gasteiger partial charge in [-0.25, -0.2) is 4.68 Å². The highest BCUT2D eigenvalue weighted by molar-refractivity contribution is 5.47. The van der Waals surface area contributed by atoms with Crippen molar-refractivity contribution in [3.8, 4) is 5.69 Å². The molecule has 0 atom stereocenters. The van der Waals surface area contributed by atoms with Gasteiger partial charge in [0.15, 0.2) is 0 Å². The van der Waals surface area contributed by atoms with E-state index < -0.39 is 4.92 Å². The number of rotatable bonds is 5. The van der Waals surface area contributed by atoms with Crippen molar-refractivity contribution in [3.05, 3.63) is 51.8 Å². The van der Waals surface area contributed by atoms with Crippen molar-refractivity contribution in [3.63, 3.8) is 0 Å². The molecule has 0 fully saturated rings. The Morgan fingerprint density at radius 3 is 2.75 bits per heavy atom. The third-order valence-electron chi connectivity index (χ3n) is 2.97. The second kappa shape index (κ2) is 5.83. The quantitative estimate of drug-likeness (QED) is 0.672. The Bertz CT molecular complexity index is 619. The molecule has 0 radical (unpaired) electrons. The summed E-state index contributed by atoms with van der Waals surface area (Å²) in [6, 6.07) is 7.12. The molecule has 6 heteroatoms. The van der Waals surface area contributed by atoms with Gasteiger partial charge in [0.1, 0.15) is 0 Å². The predicted molar refractivity (Wildman–Crippen MR) is 76.9 cm³/mol.